The second kappa shape index (κ2) is 2.30. The molecule has 0 N–H and O–H groups in total. The Morgan fingerprint density at radius 3 is 3.09 bits per heavy atom. The van der Waals surface area contributed by atoms with Crippen molar-refractivity contribution in [2.75, 3.05) is 0 Å². The zero-order chi connectivity index (χ0) is 7.84. The number of hydrogen-bond acceptors (Lipinski definition) is 2. The first-order valence-electron chi connectivity index (χ1n) is 2.95. The molecule has 2 nitrogen and oxygen atoms in total. The number of benzene rings is 1. The molecule has 0 unspecified atom stereocenters. The summed E-state index contributed by atoms with van der Waals surface area (Å²) in [6.07, 6.45) is 1.22. The van der Waals surface area contributed by atoms with Crippen molar-refractivity contribution in [1.29, 1.82) is 0 Å². The van der Waals surface area contributed by atoms with Crippen LogP contribution in [0.25, 0.3) is 11.1 Å². The monoisotopic (exact) mass is 215 g/mol. The number of fused-ring (bicyclic) bond motifs is 1. The highest BCUT2D eigenvalue weighted by atomic mass is 79.9. The van der Waals surface area contributed by atoms with E-state index in [1.54, 1.807) is 6.07 Å². The zero-order valence-electron chi connectivity index (χ0n) is 5.34. The summed E-state index contributed by atoms with van der Waals surface area (Å²) < 4.78 is 18.4. The molecule has 0 amide bonds. The van der Waals surface area contributed by atoms with E-state index in [4.69, 9.17) is 4.42 Å². The molecule has 0 spiro atoms. The summed E-state index contributed by atoms with van der Waals surface area (Å²) in [5.74, 6) is -0.396. The second-order valence-corrected chi connectivity index (χ2v) is 3.00. The van der Waals surface area contributed by atoms with E-state index in [1.165, 1.54) is 12.5 Å². The maximum absolute atomic E-state index is 12.9. The Bertz CT molecular complexity index is 398. The molecule has 0 fully saturated rings. The Labute approximate surface area is 70.2 Å². The molecule has 4 heteroatoms. The van der Waals surface area contributed by atoms with Gasteiger partial charge in [0.2, 0.25) is 0 Å². The number of oxazole rings is 1. The lowest BCUT2D eigenvalue weighted by Crippen LogP contribution is -1.75. The van der Waals surface area contributed by atoms with Gasteiger partial charge in [-0.15, -0.1) is 0 Å². The Morgan fingerprint density at radius 2 is 2.27 bits per heavy atom. The predicted octanol–water partition coefficient (Wildman–Crippen LogP) is 2.73. The van der Waals surface area contributed by atoms with Crippen LogP contribution in [0.1, 0.15) is 0 Å². The van der Waals surface area contributed by atoms with Crippen molar-refractivity contribution in [3.63, 3.8) is 0 Å². The first kappa shape index (κ1) is 6.79. The topological polar surface area (TPSA) is 26.0 Å². The van der Waals surface area contributed by atoms with Gasteiger partial charge in [0.25, 0.3) is 0 Å². The SMILES string of the molecule is Fc1cc(Br)cc2ncoc12. The second-order valence-electron chi connectivity index (χ2n) is 2.09. The third-order valence-electron chi connectivity index (χ3n) is 1.35. The summed E-state index contributed by atoms with van der Waals surface area (Å²) in [6.45, 7) is 0. The Hall–Kier alpha value is -0.900. The highest BCUT2D eigenvalue weighted by molar-refractivity contribution is 9.10. The van der Waals surface area contributed by atoms with Gasteiger partial charge in [-0.1, -0.05) is 15.9 Å². The molecule has 0 radical (unpaired) electrons. The van der Waals surface area contributed by atoms with Gasteiger partial charge in [-0.2, -0.15) is 0 Å². The Morgan fingerprint density at radius 1 is 1.45 bits per heavy atom. The molecular formula is C7H3BrFNO. The fraction of sp³-hybridized carbons (Fsp3) is 0. The van der Waals surface area contributed by atoms with Crippen LogP contribution in [0.15, 0.2) is 27.4 Å². The van der Waals surface area contributed by atoms with E-state index < -0.39 is 5.82 Å². The molecule has 1 aromatic carbocycles. The van der Waals surface area contributed by atoms with E-state index in [2.05, 4.69) is 20.9 Å². The fourth-order valence-corrected chi connectivity index (χ4v) is 1.31. The van der Waals surface area contributed by atoms with Gasteiger partial charge in [-0.3, -0.25) is 0 Å². The zero-order valence-corrected chi connectivity index (χ0v) is 6.93. The summed E-state index contributed by atoms with van der Waals surface area (Å²) >= 11 is 3.15. The van der Waals surface area contributed by atoms with Gasteiger partial charge in [0.1, 0.15) is 5.52 Å². The van der Waals surface area contributed by atoms with Crippen LogP contribution >= 0.6 is 15.9 Å². The highest BCUT2D eigenvalue weighted by Gasteiger charge is 2.05. The van der Waals surface area contributed by atoms with Gasteiger partial charge >= 0.3 is 0 Å². The maximum atomic E-state index is 12.9. The van der Waals surface area contributed by atoms with E-state index in [1.807, 2.05) is 0 Å². The van der Waals surface area contributed by atoms with E-state index in [0.29, 0.717) is 9.99 Å². The lowest BCUT2D eigenvalue weighted by molar-refractivity contribution is 0.554. The molecular weight excluding hydrogens is 213 g/mol. The molecule has 0 saturated carbocycles. The third-order valence-corrected chi connectivity index (χ3v) is 1.81. The number of rotatable bonds is 0. The summed E-state index contributed by atoms with van der Waals surface area (Å²) in [4.78, 5) is 3.80. The molecule has 0 bridgehead atoms. The summed E-state index contributed by atoms with van der Waals surface area (Å²) in [5.41, 5.74) is 0.727. The van der Waals surface area contributed by atoms with Crippen LogP contribution in [0.2, 0.25) is 0 Å². The minimum absolute atomic E-state index is 0.202. The molecule has 0 atom stereocenters. The number of aromatic nitrogens is 1. The van der Waals surface area contributed by atoms with E-state index in [9.17, 15) is 4.39 Å². The van der Waals surface area contributed by atoms with Crippen LogP contribution < -0.4 is 0 Å². The summed E-state index contributed by atoms with van der Waals surface area (Å²) in [7, 11) is 0. The lowest BCUT2D eigenvalue weighted by atomic mass is 10.3. The van der Waals surface area contributed by atoms with Crippen LogP contribution in [0.5, 0.6) is 0 Å². The number of hydrogen-bond donors (Lipinski definition) is 0. The van der Waals surface area contributed by atoms with E-state index >= 15 is 0 Å². The minimum Gasteiger partial charge on any atom is -0.440 e. The molecule has 0 aliphatic heterocycles. The average molecular weight is 216 g/mol. The smallest absolute Gasteiger partial charge is 0.190 e. The molecule has 1 aromatic heterocycles. The summed E-state index contributed by atoms with van der Waals surface area (Å²) in [5, 5.41) is 0. The quantitative estimate of drug-likeness (QED) is 0.676. The van der Waals surface area contributed by atoms with Crippen molar-refractivity contribution < 1.29 is 8.81 Å². The number of nitrogens with zero attached hydrogens (tertiary/aromatic N) is 1. The van der Waals surface area contributed by atoms with Gasteiger partial charge in [0.05, 0.1) is 0 Å². The van der Waals surface area contributed by atoms with Gasteiger partial charge in [0, 0.05) is 4.47 Å². The normalized spacial score (nSPS) is 10.7. The van der Waals surface area contributed by atoms with Crippen molar-refractivity contribution >= 4 is 27.0 Å². The van der Waals surface area contributed by atoms with Crippen LogP contribution in [0.4, 0.5) is 4.39 Å². The van der Waals surface area contributed by atoms with E-state index in [0.717, 1.165) is 0 Å². The van der Waals surface area contributed by atoms with Gasteiger partial charge in [-0.25, -0.2) is 9.37 Å². The van der Waals surface area contributed by atoms with Crippen molar-refractivity contribution in [1.82, 2.24) is 4.98 Å². The maximum Gasteiger partial charge on any atom is 0.190 e. The van der Waals surface area contributed by atoms with Crippen molar-refractivity contribution in [3.05, 3.63) is 28.8 Å². The molecule has 0 aliphatic rings. The van der Waals surface area contributed by atoms with Crippen LogP contribution in [-0.2, 0) is 0 Å². The van der Waals surface area contributed by atoms with Crippen LogP contribution in [-0.4, -0.2) is 4.98 Å². The highest BCUT2D eigenvalue weighted by Crippen LogP contribution is 2.21. The Kier molecular flexibility index (Phi) is 1.42. The molecule has 2 aromatic rings. The average Bonchev–Trinajstić information content (AvgIpc) is 2.34. The first-order valence-corrected chi connectivity index (χ1v) is 3.75. The largest absolute Gasteiger partial charge is 0.440 e. The molecule has 2 rings (SSSR count). The molecule has 0 aliphatic carbocycles. The Balaban J connectivity index is 2.91. The van der Waals surface area contributed by atoms with Crippen molar-refractivity contribution in [3.8, 4) is 0 Å². The predicted molar refractivity (Wildman–Crippen MR) is 41.7 cm³/mol. The molecule has 1 heterocycles. The molecule has 11 heavy (non-hydrogen) atoms. The standard InChI is InChI=1S/C7H3BrFNO/c8-4-1-5(9)7-6(2-4)10-3-11-7/h1-3H. The molecule has 0 saturated heterocycles. The number of halogens is 2. The van der Waals surface area contributed by atoms with Crippen LogP contribution in [0.3, 0.4) is 0 Å². The van der Waals surface area contributed by atoms with Crippen molar-refractivity contribution in [2.45, 2.75) is 0 Å². The van der Waals surface area contributed by atoms with Gasteiger partial charge < -0.3 is 4.42 Å². The fourth-order valence-electron chi connectivity index (χ4n) is 0.895. The third kappa shape index (κ3) is 1.03. The van der Waals surface area contributed by atoms with Crippen molar-refractivity contribution in [2.24, 2.45) is 0 Å². The first-order chi connectivity index (χ1) is 5.27. The van der Waals surface area contributed by atoms with Crippen LogP contribution in [0, 0.1) is 5.82 Å². The lowest BCUT2D eigenvalue weighted by Gasteiger charge is -1.90. The van der Waals surface area contributed by atoms with Gasteiger partial charge in [0.15, 0.2) is 17.8 Å². The van der Waals surface area contributed by atoms with E-state index in [-0.39, 0.29) is 5.58 Å². The molecule has 56 valence electrons. The summed E-state index contributed by atoms with van der Waals surface area (Å²) in [6, 6.07) is 3.04. The minimum atomic E-state index is -0.396. The van der Waals surface area contributed by atoms with Gasteiger partial charge in [-0.05, 0) is 12.1 Å².